The van der Waals surface area contributed by atoms with Crippen molar-refractivity contribution in [3.05, 3.63) is 88.0 Å². The van der Waals surface area contributed by atoms with Crippen molar-refractivity contribution in [2.75, 3.05) is 5.32 Å². The topological polar surface area (TPSA) is 68.4 Å². The van der Waals surface area contributed by atoms with Crippen LogP contribution in [0.2, 0.25) is 0 Å². The maximum Gasteiger partial charge on any atom is 0.277 e. The summed E-state index contributed by atoms with van der Waals surface area (Å²) >= 11 is 0. The van der Waals surface area contributed by atoms with Crippen LogP contribution in [0.1, 0.15) is 16.7 Å². The number of amides is 1. The van der Waals surface area contributed by atoms with E-state index < -0.39 is 0 Å². The van der Waals surface area contributed by atoms with Gasteiger partial charge in [0.15, 0.2) is 0 Å². The molecule has 0 saturated heterocycles. The van der Waals surface area contributed by atoms with Crippen molar-refractivity contribution in [3.63, 3.8) is 0 Å². The van der Waals surface area contributed by atoms with Gasteiger partial charge in [-0.05, 0) is 38.5 Å². The first kappa shape index (κ1) is 18.7. The molecule has 0 spiro atoms. The number of nitrogens with one attached hydrogen (secondary N) is 1. The summed E-state index contributed by atoms with van der Waals surface area (Å²) in [5, 5.41) is 7.36. The van der Waals surface area contributed by atoms with Crippen LogP contribution in [-0.2, 0) is 11.3 Å². The highest BCUT2D eigenvalue weighted by Gasteiger charge is 2.12. The number of carbonyl (C=O) groups is 1. The summed E-state index contributed by atoms with van der Waals surface area (Å²) in [6.45, 7) is 5.91. The lowest BCUT2D eigenvalue weighted by Crippen LogP contribution is -2.28. The first-order chi connectivity index (χ1) is 13.9. The van der Waals surface area contributed by atoms with E-state index in [-0.39, 0.29) is 18.0 Å². The van der Waals surface area contributed by atoms with E-state index in [9.17, 15) is 9.59 Å². The van der Waals surface area contributed by atoms with E-state index in [0.29, 0.717) is 5.52 Å². The Bertz CT molecular complexity index is 1270. The fourth-order valence-electron chi connectivity index (χ4n) is 3.31. The highest BCUT2D eigenvalue weighted by atomic mass is 16.2. The molecule has 29 heavy (non-hydrogen) atoms. The number of nitrogens with zero attached hydrogens (tertiary/aromatic N) is 3. The van der Waals surface area contributed by atoms with Crippen LogP contribution in [0.15, 0.2) is 65.7 Å². The minimum absolute atomic E-state index is 0.0618. The summed E-state index contributed by atoms with van der Waals surface area (Å²) < 4.78 is 2.95. The lowest BCUT2D eigenvalue weighted by atomic mass is 10.1. The standard InChI is InChI=1S/C23H22N4O2/c1-15-4-7-18(8-5-15)20-13-21-23(29)26(10-11-27(21)25-20)14-22(28)24-19-9-6-16(2)12-17(19)3/h4-13H,14H2,1-3H3,(H,24,28). The van der Waals surface area contributed by atoms with E-state index in [1.54, 1.807) is 23.0 Å². The summed E-state index contributed by atoms with van der Waals surface area (Å²) in [6, 6.07) is 15.6. The molecule has 0 saturated carbocycles. The van der Waals surface area contributed by atoms with Gasteiger partial charge >= 0.3 is 0 Å². The van der Waals surface area contributed by atoms with E-state index >= 15 is 0 Å². The molecule has 6 heteroatoms. The van der Waals surface area contributed by atoms with Crippen molar-refractivity contribution in [1.29, 1.82) is 0 Å². The molecule has 0 aliphatic rings. The lowest BCUT2D eigenvalue weighted by Gasteiger charge is -2.10. The second-order valence-corrected chi connectivity index (χ2v) is 7.32. The van der Waals surface area contributed by atoms with Gasteiger partial charge in [0, 0.05) is 23.6 Å². The zero-order valence-corrected chi connectivity index (χ0v) is 16.6. The number of fused-ring (bicyclic) bond motifs is 1. The fraction of sp³-hybridized carbons (Fsp3) is 0.174. The number of carbonyl (C=O) groups excluding carboxylic acids is 1. The average Bonchev–Trinajstić information content (AvgIpc) is 3.12. The molecular formula is C23H22N4O2. The van der Waals surface area contributed by atoms with Gasteiger partial charge in [-0.1, -0.05) is 47.5 Å². The molecular weight excluding hydrogens is 364 g/mol. The Kier molecular flexibility index (Phi) is 4.76. The molecule has 0 aliphatic heterocycles. The normalized spacial score (nSPS) is 11.0. The molecule has 6 nitrogen and oxygen atoms in total. The maximum atomic E-state index is 12.8. The Hall–Kier alpha value is -3.67. The summed E-state index contributed by atoms with van der Waals surface area (Å²) in [4.78, 5) is 25.3. The minimum Gasteiger partial charge on any atom is -0.324 e. The van der Waals surface area contributed by atoms with Gasteiger partial charge in [0.1, 0.15) is 12.1 Å². The third-order valence-electron chi connectivity index (χ3n) is 4.92. The summed E-state index contributed by atoms with van der Waals surface area (Å²) in [6.07, 6.45) is 3.28. The van der Waals surface area contributed by atoms with Crippen molar-refractivity contribution in [2.24, 2.45) is 0 Å². The molecule has 0 atom stereocenters. The predicted molar refractivity (Wildman–Crippen MR) is 114 cm³/mol. The number of aryl methyl sites for hydroxylation is 3. The average molecular weight is 386 g/mol. The van der Waals surface area contributed by atoms with E-state index in [0.717, 1.165) is 33.6 Å². The second kappa shape index (κ2) is 7.39. The monoisotopic (exact) mass is 386 g/mol. The highest BCUT2D eigenvalue weighted by Crippen LogP contribution is 2.19. The summed E-state index contributed by atoms with van der Waals surface area (Å²) in [5.41, 5.74) is 5.87. The SMILES string of the molecule is Cc1ccc(-c2cc3c(=O)n(CC(=O)Nc4ccc(C)cc4C)ccn3n2)cc1. The van der Waals surface area contributed by atoms with Crippen molar-refractivity contribution in [1.82, 2.24) is 14.2 Å². The van der Waals surface area contributed by atoms with Gasteiger partial charge in [-0.15, -0.1) is 0 Å². The molecule has 2 aromatic heterocycles. The Morgan fingerprint density at radius 2 is 1.69 bits per heavy atom. The maximum absolute atomic E-state index is 12.8. The van der Waals surface area contributed by atoms with Crippen molar-refractivity contribution >= 4 is 17.1 Å². The van der Waals surface area contributed by atoms with Crippen LogP contribution < -0.4 is 10.9 Å². The van der Waals surface area contributed by atoms with Crippen molar-refractivity contribution in [3.8, 4) is 11.3 Å². The fourth-order valence-corrected chi connectivity index (χ4v) is 3.31. The first-order valence-electron chi connectivity index (χ1n) is 9.44. The van der Waals surface area contributed by atoms with Gasteiger partial charge in [-0.3, -0.25) is 9.59 Å². The van der Waals surface area contributed by atoms with Crippen LogP contribution in [0.5, 0.6) is 0 Å². The third-order valence-corrected chi connectivity index (χ3v) is 4.92. The molecule has 2 heterocycles. The molecule has 0 unspecified atom stereocenters. The second-order valence-electron chi connectivity index (χ2n) is 7.32. The summed E-state index contributed by atoms with van der Waals surface area (Å²) in [7, 11) is 0. The van der Waals surface area contributed by atoms with Gasteiger partial charge in [-0.25, -0.2) is 4.52 Å². The Labute approximate surface area is 168 Å². The van der Waals surface area contributed by atoms with Crippen LogP contribution in [0.3, 0.4) is 0 Å². The van der Waals surface area contributed by atoms with E-state index in [1.807, 2.05) is 63.2 Å². The van der Waals surface area contributed by atoms with E-state index in [2.05, 4.69) is 10.4 Å². The van der Waals surface area contributed by atoms with E-state index in [1.165, 1.54) is 4.57 Å². The van der Waals surface area contributed by atoms with Crippen LogP contribution in [0.25, 0.3) is 16.8 Å². The van der Waals surface area contributed by atoms with Crippen molar-refractivity contribution in [2.45, 2.75) is 27.3 Å². The minimum atomic E-state index is -0.255. The van der Waals surface area contributed by atoms with Gasteiger partial charge in [0.25, 0.3) is 5.56 Å². The highest BCUT2D eigenvalue weighted by molar-refractivity contribution is 5.91. The molecule has 0 radical (unpaired) electrons. The van der Waals surface area contributed by atoms with Crippen LogP contribution >= 0.6 is 0 Å². The molecule has 0 fully saturated rings. The Morgan fingerprint density at radius 1 is 0.966 bits per heavy atom. The lowest BCUT2D eigenvalue weighted by molar-refractivity contribution is -0.116. The molecule has 0 bridgehead atoms. The van der Waals surface area contributed by atoms with Crippen LogP contribution in [0.4, 0.5) is 5.69 Å². The van der Waals surface area contributed by atoms with Gasteiger partial charge in [-0.2, -0.15) is 5.10 Å². The molecule has 4 rings (SSSR count). The van der Waals surface area contributed by atoms with Gasteiger partial charge < -0.3 is 9.88 Å². The molecule has 4 aromatic rings. The number of aromatic nitrogens is 3. The van der Waals surface area contributed by atoms with E-state index in [4.69, 9.17) is 0 Å². The number of rotatable bonds is 4. The number of hydrogen-bond acceptors (Lipinski definition) is 3. The smallest absolute Gasteiger partial charge is 0.277 e. The number of benzene rings is 2. The van der Waals surface area contributed by atoms with Crippen LogP contribution in [-0.4, -0.2) is 20.1 Å². The first-order valence-corrected chi connectivity index (χ1v) is 9.44. The van der Waals surface area contributed by atoms with Crippen LogP contribution in [0, 0.1) is 20.8 Å². The van der Waals surface area contributed by atoms with Crippen molar-refractivity contribution < 1.29 is 4.79 Å². The predicted octanol–water partition coefficient (Wildman–Crippen LogP) is 3.73. The quantitative estimate of drug-likeness (QED) is 0.581. The number of hydrogen-bond donors (Lipinski definition) is 1. The molecule has 146 valence electrons. The number of anilines is 1. The zero-order chi connectivity index (χ0) is 20.5. The Morgan fingerprint density at radius 3 is 2.41 bits per heavy atom. The molecule has 1 amide bonds. The molecule has 0 aliphatic carbocycles. The molecule has 1 N–H and O–H groups in total. The molecule has 2 aromatic carbocycles. The van der Waals surface area contributed by atoms with Gasteiger partial charge in [0.2, 0.25) is 5.91 Å². The largest absolute Gasteiger partial charge is 0.324 e. The summed E-state index contributed by atoms with van der Waals surface area (Å²) in [5.74, 6) is -0.248. The van der Waals surface area contributed by atoms with Gasteiger partial charge in [0.05, 0.1) is 5.69 Å². The Balaban J connectivity index is 1.59. The third kappa shape index (κ3) is 3.82. The zero-order valence-electron chi connectivity index (χ0n) is 16.6.